The van der Waals surface area contributed by atoms with Crippen LogP contribution in [0.3, 0.4) is 0 Å². The molecular formula is C27H38N2O2. The van der Waals surface area contributed by atoms with Gasteiger partial charge in [0.15, 0.2) is 5.76 Å². The third-order valence-corrected chi connectivity index (χ3v) is 7.47. The van der Waals surface area contributed by atoms with Crippen LogP contribution < -0.4 is 5.32 Å². The van der Waals surface area contributed by atoms with E-state index in [1.807, 2.05) is 6.07 Å². The molecule has 4 nitrogen and oxygen atoms in total. The molecule has 1 aliphatic heterocycles. The van der Waals surface area contributed by atoms with Crippen molar-refractivity contribution in [3.8, 4) is 0 Å². The lowest BCUT2D eigenvalue weighted by atomic mass is 9.62. The Morgan fingerprint density at radius 1 is 1.03 bits per heavy atom. The van der Waals surface area contributed by atoms with Gasteiger partial charge in [0.1, 0.15) is 5.76 Å². The second kappa shape index (κ2) is 8.46. The Balaban J connectivity index is 1.45. The number of furan rings is 1. The van der Waals surface area contributed by atoms with Crippen LogP contribution >= 0.6 is 0 Å². The van der Waals surface area contributed by atoms with E-state index in [9.17, 15) is 4.79 Å². The lowest BCUT2D eigenvalue weighted by Crippen LogP contribution is -2.34. The fraction of sp³-hybridized carbons (Fsp3) is 0.593. The molecule has 1 fully saturated rings. The van der Waals surface area contributed by atoms with E-state index in [0.29, 0.717) is 12.3 Å². The smallest absolute Gasteiger partial charge is 0.287 e. The van der Waals surface area contributed by atoms with Crippen molar-refractivity contribution >= 4 is 5.91 Å². The number of hydrogen-bond donors (Lipinski definition) is 1. The van der Waals surface area contributed by atoms with E-state index in [1.165, 1.54) is 47.9 Å². The molecule has 1 aromatic heterocycles. The minimum Gasteiger partial charge on any atom is -0.456 e. The fourth-order valence-electron chi connectivity index (χ4n) is 5.16. The Labute approximate surface area is 187 Å². The van der Waals surface area contributed by atoms with Crippen LogP contribution in [0.15, 0.2) is 28.7 Å². The molecule has 1 N–H and O–H groups in total. The number of fused-ring (bicyclic) bond motifs is 1. The first kappa shape index (κ1) is 22.1. The lowest BCUT2D eigenvalue weighted by molar-refractivity contribution is 0.0920. The van der Waals surface area contributed by atoms with Gasteiger partial charge in [-0.15, -0.1) is 0 Å². The van der Waals surface area contributed by atoms with Crippen molar-refractivity contribution in [2.24, 2.45) is 0 Å². The van der Waals surface area contributed by atoms with Crippen molar-refractivity contribution in [1.82, 2.24) is 10.2 Å². The molecule has 2 aromatic rings. The molecule has 0 saturated carbocycles. The number of nitrogens with one attached hydrogen (secondary N) is 1. The van der Waals surface area contributed by atoms with E-state index in [2.05, 4.69) is 57.0 Å². The molecule has 31 heavy (non-hydrogen) atoms. The third-order valence-electron chi connectivity index (χ3n) is 7.47. The summed E-state index contributed by atoms with van der Waals surface area (Å²) in [4.78, 5) is 14.9. The van der Waals surface area contributed by atoms with E-state index in [-0.39, 0.29) is 16.7 Å². The number of hydrogen-bond acceptors (Lipinski definition) is 3. The first-order chi connectivity index (χ1) is 14.7. The lowest BCUT2D eigenvalue weighted by Gasteiger charge is -2.42. The minimum absolute atomic E-state index is 0.115. The van der Waals surface area contributed by atoms with Crippen molar-refractivity contribution in [2.45, 2.75) is 77.6 Å². The Hall–Kier alpha value is -2.07. The van der Waals surface area contributed by atoms with Crippen molar-refractivity contribution in [1.29, 1.82) is 0 Å². The summed E-state index contributed by atoms with van der Waals surface area (Å²) >= 11 is 0. The quantitative estimate of drug-likeness (QED) is 0.682. The van der Waals surface area contributed by atoms with Gasteiger partial charge in [0.05, 0.1) is 0 Å². The van der Waals surface area contributed by atoms with E-state index in [0.717, 1.165) is 31.8 Å². The number of likely N-dealkylation sites (tertiary alicyclic amines) is 1. The highest BCUT2D eigenvalue weighted by Gasteiger charge is 2.37. The van der Waals surface area contributed by atoms with Gasteiger partial charge in [0, 0.05) is 19.5 Å². The average molecular weight is 423 g/mol. The Morgan fingerprint density at radius 3 is 2.35 bits per heavy atom. The molecule has 0 bridgehead atoms. The van der Waals surface area contributed by atoms with Crippen LogP contribution in [0, 0.1) is 6.92 Å². The van der Waals surface area contributed by atoms with Gasteiger partial charge in [-0.05, 0) is 90.9 Å². The summed E-state index contributed by atoms with van der Waals surface area (Å²) in [6.07, 6.45) is 5.69. The van der Waals surface area contributed by atoms with Gasteiger partial charge in [0.2, 0.25) is 0 Å². The molecule has 168 valence electrons. The summed E-state index contributed by atoms with van der Waals surface area (Å²) in [5.74, 6) is 1.14. The number of aryl methyl sites for hydroxylation is 1. The van der Waals surface area contributed by atoms with Gasteiger partial charge < -0.3 is 14.6 Å². The number of amides is 1. The summed E-state index contributed by atoms with van der Waals surface area (Å²) in [6.45, 7) is 15.5. The van der Waals surface area contributed by atoms with Gasteiger partial charge in [-0.1, -0.05) is 39.8 Å². The molecule has 1 saturated heterocycles. The van der Waals surface area contributed by atoms with E-state index >= 15 is 0 Å². The van der Waals surface area contributed by atoms with Crippen LogP contribution in [0.4, 0.5) is 0 Å². The molecule has 4 heteroatoms. The number of nitrogens with zero attached hydrogens (tertiary/aromatic N) is 1. The van der Waals surface area contributed by atoms with Crippen LogP contribution in [0.1, 0.15) is 91.9 Å². The van der Waals surface area contributed by atoms with Gasteiger partial charge in [-0.3, -0.25) is 4.79 Å². The van der Waals surface area contributed by atoms with E-state index in [1.54, 1.807) is 6.07 Å². The normalized spacial score (nSPS) is 19.9. The highest BCUT2D eigenvalue weighted by molar-refractivity contribution is 5.91. The van der Waals surface area contributed by atoms with Crippen LogP contribution in [0.25, 0.3) is 0 Å². The number of carbonyl (C=O) groups is 1. The first-order valence-corrected chi connectivity index (χ1v) is 11.9. The van der Waals surface area contributed by atoms with Gasteiger partial charge in [-0.25, -0.2) is 0 Å². The van der Waals surface area contributed by atoms with Crippen LogP contribution in [-0.4, -0.2) is 37.0 Å². The predicted octanol–water partition coefficient (Wildman–Crippen LogP) is 5.35. The van der Waals surface area contributed by atoms with Crippen LogP contribution in [0.2, 0.25) is 0 Å². The standard InChI is InChI=1S/C27H38N2O2/c1-19-16-22-23(27(4,5)11-10-26(22,2)3)18-20(19)17-21-8-9-24(31-21)25(30)28-12-15-29-13-6-7-14-29/h8-9,16,18H,6-7,10-15,17H2,1-5H3,(H,28,30). The third kappa shape index (κ3) is 4.74. The molecule has 2 aliphatic rings. The SMILES string of the molecule is Cc1cc2c(cc1Cc1ccc(C(=O)NCCN3CCCC3)o1)C(C)(C)CCC2(C)C. The summed E-state index contributed by atoms with van der Waals surface area (Å²) in [5.41, 5.74) is 5.96. The second-order valence-corrected chi connectivity index (χ2v) is 10.8. The fourth-order valence-corrected chi connectivity index (χ4v) is 5.16. The number of carbonyl (C=O) groups excluding carboxylic acids is 1. The minimum atomic E-state index is -0.115. The zero-order valence-corrected chi connectivity index (χ0v) is 19.9. The highest BCUT2D eigenvalue weighted by Crippen LogP contribution is 2.46. The maximum atomic E-state index is 12.5. The van der Waals surface area contributed by atoms with Gasteiger partial charge in [-0.2, -0.15) is 0 Å². The largest absolute Gasteiger partial charge is 0.456 e. The summed E-state index contributed by atoms with van der Waals surface area (Å²) < 4.78 is 5.94. The summed E-state index contributed by atoms with van der Waals surface area (Å²) in [7, 11) is 0. The molecule has 0 spiro atoms. The predicted molar refractivity (Wildman–Crippen MR) is 126 cm³/mol. The molecule has 1 aromatic carbocycles. The van der Waals surface area contributed by atoms with Crippen molar-refractivity contribution < 1.29 is 9.21 Å². The zero-order chi connectivity index (χ0) is 22.2. The van der Waals surface area contributed by atoms with Crippen molar-refractivity contribution in [3.63, 3.8) is 0 Å². The second-order valence-electron chi connectivity index (χ2n) is 10.8. The molecular weight excluding hydrogens is 384 g/mol. The summed E-state index contributed by atoms with van der Waals surface area (Å²) in [5, 5.41) is 3.00. The maximum Gasteiger partial charge on any atom is 0.287 e. The Morgan fingerprint density at radius 2 is 1.68 bits per heavy atom. The molecule has 0 atom stereocenters. The molecule has 1 amide bonds. The van der Waals surface area contributed by atoms with E-state index in [4.69, 9.17) is 4.42 Å². The van der Waals surface area contributed by atoms with Gasteiger partial charge >= 0.3 is 0 Å². The Kier molecular flexibility index (Phi) is 6.04. The first-order valence-electron chi connectivity index (χ1n) is 11.9. The van der Waals surface area contributed by atoms with Gasteiger partial charge in [0.25, 0.3) is 5.91 Å². The molecule has 2 heterocycles. The topological polar surface area (TPSA) is 45.5 Å². The van der Waals surface area contributed by atoms with Crippen molar-refractivity contribution in [3.05, 3.63) is 58.0 Å². The van der Waals surface area contributed by atoms with E-state index < -0.39 is 0 Å². The molecule has 0 radical (unpaired) electrons. The number of rotatable bonds is 6. The molecule has 4 rings (SSSR count). The molecule has 0 unspecified atom stereocenters. The average Bonchev–Trinajstić information content (AvgIpc) is 3.39. The van der Waals surface area contributed by atoms with Crippen LogP contribution in [-0.2, 0) is 17.3 Å². The maximum absolute atomic E-state index is 12.5. The van der Waals surface area contributed by atoms with Crippen LogP contribution in [0.5, 0.6) is 0 Å². The molecule has 1 aliphatic carbocycles. The zero-order valence-electron chi connectivity index (χ0n) is 19.9. The Bertz CT molecular complexity index is 948. The highest BCUT2D eigenvalue weighted by atomic mass is 16.3. The summed E-state index contributed by atoms with van der Waals surface area (Å²) in [6, 6.07) is 8.54. The number of benzene rings is 1. The monoisotopic (exact) mass is 422 g/mol. The van der Waals surface area contributed by atoms with Crippen molar-refractivity contribution in [2.75, 3.05) is 26.2 Å².